The van der Waals surface area contributed by atoms with Crippen LogP contribution in [-0.2, 0) is 20.3 Å². The van der Waals surface area contributed by atoms with Gasteiger partial charge in [-0.25, -0.2) is 18.2 Å². The van der Waals surface area contributed by atoms with Crippen molar-refractivity contribution in [2.75, 3.05) is 25.0 Å². The van der Waals surface area contributed by atoms with E-state index in [0.29, 0.717) is 54.2 Å². The highest BCUT2D eigenvalue weighted by Crippen LogP contribution is 2.27. The number of aryl methyl sites for hydroxylation is 1. The summed E-state index contributed by atoms with van der Waals surface area (Å²) >= 11 is 0. The minimum Gasteiger partial charge on any atom is -0.444 e. The quantitative estimate of drug-likeness (QED) is 0.432. The van der Waals surface area contributed by atoms with Crippen LogP contribution in [0.15, 0.2) is 53.2 Å². The standard InChI is InChI=1S/C28H34N4O6S/c1-19-24(18-39(35,36)23-12-15-32(16-13-23)27(34)38-28(2,3)4)30-25(37-19)20-8-10-21(11-9-20)26(33)31(5)22-7-6-14-29-17-22/h6-11,14,17,23H,12-13,15-16,18H2,1-5H3. The van der Waals surface area contributed by atoms with E-state index < -0.39 is 26.8 Å². The zero-order valence-corrected chi connectivity index (χ0v) is 23.7. The number of benzene rings is 1. The van der Waals surface area contributed by atoms with Crippen LogP contribution in [0.4, 0.5) is 10.5 Å². The van der Waals surface area contributed by atoms with Gasteiger partial charge in [0.1, 0.15) is 11.4 Å². The van der Waals surface area contributed by atoms with Gasteiger partial charge in [0.15, 0.2) is 9.84 Å². The molecule has 2 amide bonds. The molecule has 1 aliphatic rings. The van der Waals surface area contributed by atoms with Gasteiger partial charge in [0.05, 0.1) is 28.6 Å². The Morgan fingerprint density at radius 1 is 1.13 bits per heavy atom. The van der Waals surface area contributed by atoms with Crippen molar-refractivity contribution < 1.29 is 27.2 Å². The van der Waals surface area contributed by atoms with Crippen molar-refractivity contribution in [2.45, 2.75) is 57.1 Å². The van der Waals surface area contributed by atoms with E-state index in [1.165, 1.54) is 4.90 Å². The number of hydrogen-bond acceptors (Lipinski definition) is 8. The van der Waals surface area contributed by atoms with Gasteiger partial charge in [-0.15, -0.1) is 0 Å². The van der Waals surface area contributed by atoms with Gasteiger partial charge in [-0.1, -0.05) is 0 Å². The van der Waals surface area contributed by atoms with E-state index in [9.17, 15) is 18.0 Å². The van der Waals surface area contributed by atoms with Crippen molar-refractivity contribution >= 4 is 27.5 Å². The number of amides is 2. The second-order valence-electron chi connectivity index (χ2n) is 10.6. The molecule has 0 spiro atoms. The molecule has 3 aromatic rings. The van der Waals surface area contributed by atoms with Gasteiger partial charge in [-0.3, -0.25) is 9.78 Å². The molecule has 1 aliphatic heterocycles. The molecule has 208 valence electrons. The van der Waals surface area contributed by atoms with E-state index in [4.69, 9.17) is 9.15 Å². The number of rotatable bonds is 6. The molecule has 39 heavy (non-hydrogen) atoms. The molecule has 1 fully saturated rings. The van der Waals surface area contributed by atoms with Crippen LogP contribution in [-0.4, -0.2) is 66.3 Å². The van der Waals surface area contributed by atoms with E-state index >= 15 is 0 Å². The predicted molar refractivity (Wildman–Crippen MR) is 147 cm³/mol. The molecule has 0 radical (unpaired) electrons. The molecule has 2 aromatic heterocycles. The van der Waals surface area contributed by atoms with Crippen LogP contribution in [0.2, 0.25) is 0 Å². The third-order valence-corrected chi connectivity index (χ3v) is 8.71. The Balaban J connectivity index is 1.40. The number of sulfone groups is 1. The Morgan fingerprint density at radius 3 is 2.38 bits per heavy atom. The van der Waals surface area contributed by atoms with Crippen molar-refractivity contribution in [2.24, 2.45) is 0 Å². The molecule has 11 heteroatoms. The minimum absolute atomic E-state index is 0.192. The van der Waals surface area contributed by atoms with Crippen LogP contribution in [0.3, 0.4) is 0 Å². The zero-order valence-electron chi connectivity index (χ0n) is 22.9. The summed E-state index contributed by atoms with van der Waals surface area (Å²) in [7, 11) is -1.84. The number of aromatic nitrogens is 2. The Morgan fingerprint density at radius 2 is 1.79 bits per heavy atom. The fraction of sp³-hybridized carbons (Fsp3) is 0.429. The van der Waals surface area contributed by atoms with Crippen LogP contribution in [0, 0.1) is 6.92 Å². The first-order chi connectivity index (χ1) is 18.3. The zero-order chi connectivity index (χ0) is 28.4. The molecule has 4 rings (SSSR count). The largest absolute Gasteiger partial charge is 0.444 e. The van der Waals surface area contributed by atoms with Crippen LogP contribution in [0.25, 0.3) is 11.5 Å². The molecule has 1 saturated heterocycles. The molecule has 0 aliphatic carbocycles. The molecular weight excluding hydrogens is 520 g/mol. The highest BCUT2D eigenvalue weighted by Gasteiger charge is 2.34. The first-order valence-corrected chi connectivity index (χ1v) is 14.5. The Bertz CT molecular complexity index is 1420. The maximum Gasteiger partial charge on any atom is 0.410 e. The maximum atomic E-state index is 13.2. The number of oxazole rings is 1. The lowest BCUT2D eigenvalue weighted by molar-refractivity contribution is 0.0217. The fourth-order valence-corrected chi connectivity index (χ4v) is 6.15. The van der Waals surface area contributed by atoms with Gasteiger partial charge in [-0.2, -0.15) is 0 Å². The Kier molecular flexibility index (Phi) is 8.10. The monoisotopic (exact) mass is 554 g/mol. The van der Waals surface area contributed by atoms with E-state index in [1.807, 2.05) is 0 Å². The summed E-state index contributed by atoms with van der Waals surface area (Å²) in [6.45, 7) is 7.73. The highest BCUT2D eigenvalue weighted by atomic mass is 32.2. The second-order valence-corrected chi connectivity index (χ2v) is 12.9. The number of likely N-dealkylation sites (tertiary alicyclic amines) is 1. The molecule has 0 atom stereocenters. The lowest BCUT2D eigenvalue weighted by atomic mass is 10.1. The van der Waals surface area contributed by atoms with Crippen molar-refractivity contribution in [3.05, 3.63) is 65.8 Å². The van der Waals surface area contributed by atoms with Crippen molar-refractivity contribution in [1.82, 2.24) is 14.9 Å². The van der Waals surface area contributed by atoms with Gasteiger partial charge in [0.25, 0.3) is 5.91 Å². The predicted octanol–water partition coefficient (Wildman–Crippen LogP) is 4.64. The van der Waals surface area contributed by atoms with Crippen molar-refractivity contribution in [3.8, 4) is 11.5 Å². The molecule has 0 saturated carbocycles. The average Bonchev–Trinajstić information content (AvgIpc) is 3.26. The van der Waals surface area contributed by atoms with Crippen LogP contribution in [0.5, 0.6) is 0 Å². The molecular formula is C28H34N4O6S. The molecule has 3 heterocycles. The average molecular weight is 555 g/mol. The van der Waals surface area contributed by atoms with E-state index in [0.717, 1.165) is 0 Å². The number of carbonyl (C=O) groups is 2. The van der Waals surface area contributed by atoms with Crippen LogP contribution < -0.4 is 4.90 Å². The van der Waals surface area contributed by atoms with Crippen LogP contribution >= 0.6 is 0 Å². The smallest absolute Gasteiger partial charge is 0.410 e. The first-order valence-electron chi connectivity index (χ1n) is 12.8. The van der Waals surface area contributed by atoms with Gasteiger partial charge in [-0.05, 0) is 76.9 Å². The van der Waals surface area contributed by atoms with E-state index in [2.05, 4.69) is 9.97 Å². The number of anilines is 1. The first kappa shape index (κ1) is 28.3. The van der Waals surface area contributed by atoms with E-state index in [1.54, 1.807) is 88.4 Å². The second kappa shape index (κ2) is 11.2. The summed E-state index contributed by atoms with van der Waals surface area (Å²) in [5.41, 5.74) is 1.54. The topological polar surface area (TPSA) is 123 Å². The Hall–Kier alpha value is -3.73. The fourth-order valence-electron chi connectivity index (χ4n) is 4.34. The van der Waals surface area contributed by atoms with Gasteiger partial charge in [0.2, 0.25) is 5.89 Å². The molecule has 0 N–H and O–H groups in total. The SMILES string of the molecule is Cc1oc(-c2ccc(C(=O)N(C)c3cccnc3)cc2)nc1CS(=O)(=O)C1CCN(C(=O)OC(C)(C)C)CC1. The number of carbonyl (C=O) groups excluding carboxylic acids is 2. The normalized spacial score (nSPS) is 14.7. The lowest BCUT2D eigenvalue weighted by Crippen LogP contribution is -2.44. The van der Waals surface area contributed by atoms with Crippen LogP contribution in [0.1, 0.15) is 55.4 Å². The third-order valence-electron chi connectivity index (χ3n) is 6.55. The molecule has 10 nitrogen and oxygen atoms in total. The summed E-state index contributed by atoms with van der Waals surface area (Å²) in [6.07, 6.45) is 3.51. The van der Waals surface area contributed by atoms with E-state index in [-0.39, 0.29) is 17.6 Å². The number of pyridine rings is 1. The van der Waals surface area contributed by atoms with Crippen molar-refractivity contribution in [3.63, 3.8) is 0 Å². The molecule has 0 unspecified atom stereocenters. The lowest BCUT2D eigenvalue weighted by Gasteiger charge is -2.33. The van der Waals surface area contributed by atoms with Gasteiger partial charge < -0.3 is 19.0 Å². The van der Waals surface area contributed by atoms with Gasteiger partial charge in [0, 0.05) is 37.5 Å². The minimum atomic E-state index is -3.52. The summed E-state index contributed by atoms with van der Waals surface area (Å²) in [5, 5.41) is -0.571. The number of hydrogen-bond donors (Lipinski definition) is 0. The number of nitrogens with zero attached hydrogens (tertiary/aromatic N) is 4. The summed E-state index contributed by atoms with van der Waals surface area (Å²) in [6, 6.07) is 10.4. The molecule has 1 aromatic carbocycles. The highest BCUT2D eigenvalue weighted by molar-refractivity contribution is 7.91. The number of piperidine rings is 1. The van der Waals surface area contributed by atoms with Crippen molar-refractivity contribution in [1.29, 1.82) is 0 Å². The molecule has 0 bridgehead atoms. The summed E-state index contributed by atoms with van der Waals surface area (Å²) in [4.78, 5) is 36.7. The Labute approximate surface area is 228 Å². The third kappa shape index (κ3) is 6.83. The summed E-state index contributed by atoms with van der Waals surface area (Å²) < 4.78 is 37.6. The maximum absolute atomic E-state index is 13.2. The summed E-state index contributed by atoms with van der Waals surface area (Å²) in [5.74, 6) is 0.280. The number of ether oxygens (including phenoxy) is 1. The van der Waals surface area contributed by atoms with Gasteiger partial charge >= 0.3 is 6.09 Å².